The molecule has 0 amide bonds. The lowest BCUT2D eigenvalue weighted by Gasteiger charge is -2.28. The molecule has 3 nitrogen and oxygen atoms in total. The maximum atomic E-state index is 5.29. The molecule has 1 heterocycles. The van der Waals surface area contributed by atoms with E-state index >= 15 is 0 Å². The minimum absolute atomic E-state index is 0.670. The molecular formula is C46H46B15N3. The van der Waals surface area contributed by atoms with Crippen molar-refractivity contribution in [3.63, 3.8) is 0 Å². The average molecular weight is 803 g/mol. The van der Waals surface area contributed by atoms with E-state index in [0.717, 1.165) is 28.7 Å². The Kier molecular flexibility index (Phi) is 11.3. The molecule has 0 N–H and O–H groups in total. The molecule has 0 fully saturated rings. The van der Waals surface area contributed by atoms with E-state index in [4.69, 9.17) is 15.0 Å². The van der Waals surface area contributed by atoms with Crippen LogP contribution < -0.4 is 81.9 Å². The molecule has 1 aromatic heterocycles. The monoisotopic (exact) mass is 806 g/mol. The Balaban J connectivity index is 1.23. The Hall–Kier alpha value is -5.48. The van der Waals surface area contributed by atoms with E-state index in [9.17, 15) is 0 Å². The molecule has 0 saturated carbocycles. The van der Waals surface area contributed by atoms with Crippen molar-refractivity contribution in [3.8, 4) is 78.7 Å². The summed E-state index contributed by atoms with van der Waals surface area (Å²) >= 11 is 0. The van der Waals surface area contributed by atoms with Gasteiger partial charge in [-0.3, -0.25) is 0 Å². The summed E-state index contributed by atoms with van der Waals surface area (Å²) in [5, 5.41) is 0. The van der Waals surface area contributed by atoms with Gasteiger partial charge in [-0.25, -0.2) is 15.0 Å². The standard InChI is InChI=1S/C46H46B15N3/c47-29-21-15-20-22(24(32(50)40(58)30(20)48)25-36(54)41(59)43(61)42(60)37(25)55)23(21)31(49)33(51)26(29)27-34(52)38(56)28(39(57)35(27)53)46-63-44(18-9-5-2-6-10-18)62-45(64-46)19-13-11-17(12-14-19)16-7-3-1-4-8-16/h1-14H,15,47-61H2. The number of hydrogen-bond donors (Lipinski definition) is 0. The molecule has 290 valence electrons. The second-order valence-corrected chi connectivity index (χ2v) is 18.7. The molecule has 18 heteroatoms. The predicted octanol–water partition coefficient (Wildman–Crippen LogP) is -14.7. The maximum absolute atomic E-state index is 5.29. The first-order chi connectivity index (χ1) is 30.5. The molecular weight excluding hydrogens is 757 g/mol. The van der Waals surface area contributed by atoms with Gasteiger partial charge in [0.25, 0.3) is 0 Å². The Bertz CT molecular complexity index is 3230. The number of hydrogen-bond acceptors (Lipinski definition) is 3. The van der Waals surface area contributed by atoms with E-state index in [1.807, 2.05) is 18.2 Å². The summed E-state index contributed by atoms with van der Waals surface area (Å²) in [6, 6.07) is 29.4. The van der Waals surface area contributed by atoms with Crippen LogP contribution >= 0.6 is 0 Å². The number of fused-ring (bicyclic) bond motifs is 3. The molecule has 1 aliphatic rings. The molecule has 9 rings (SSSR count). The van der Waals surface area contributed by atoms with Crippen molar-refractivity contribution < 1.29 is 0 Å². The van der Waals surface area contributed by atoms with E-state index in [-0.39, 0.29) is 0 Å². The summed E-state index contributed by atoms with van der Waals surface area (Å²) in [6.45, 7) is 0. The van der Waals surface area contributed by atoms with Crippen molar-refractivity contribution in [1.82, 2.24) is 15.0 Å². The zero-order chi connectivity index (χ0) is 45.6. The van der Waals surface area contributed by atoms with Gasteiger partial charge in [0.05, 0.1) is 0 Å². The lowest BCUT2D eigenvalue weighted by molar-refractivity contribution is 1.08. The Morgan fingerprint density at radius 1 is 0.234 bits per heavy atom. The molecule has 0 atom stereocenters. The molecule has 0 radical (unpaired) electrons. The van der Waals surface area contributed by atoms with Crippen LogP contribution in [-0.4, -0.2) is 133 Å². The summed E-state index contributed by atoms with van der Waals surface area (Å²) in [5.41, 5.74) is 37.2. The van der Waals surface area contributed by atoms with E-state index in [2.05, 4.69) is 184 Å². The van der Waals surface area contributed by atoms with Gasteiger partial charge in [-0.2, -0.15) is 0 Å². The van der Waals surface area contributed by atoms with Crippen molar-refractivity contribution >= 4 is 200 Å². The van der Waals surface area contributed by atoms with Crippen LogP contribution in [0, 0.1) is 0 Å². The Morgan fingerprint density at radius 2 is 0.547 bits per heavy atom. The van der Waals surface area contributed by atoms with Crippen LogP contribution in [-0.2, 0) is 6.42 Å². The molecule has 7 aromatic carbocycles. The second kappa shape index (κ2) is 16.5. The lowest BCUT2D eigenvalue weighted by atomic mass is 9.57. The van der Waals surface area contributed by atoms with Crippen LogP contribution in [0.15, 0.2) is 84.9 Å². The quantitative estimate of drug-likeness (QED) is 0.157. The zero-order valence-electron chi connectivity index (χ0n) is 40.6. The van der Waals surface area contributed by atoms with Gasteiger partial charge in [-0.1, -0.05) is 145 Å². The molecule has 64 heavy (non-hydrogen) atoms. The van der Waals surface area contributed by atoms with Gasteiger partial charge in [0, 0.05) is 16.7 Å². The first kappa shape index (κ1) is 43.8. The highest BCUT2D eigenvalue weighted by Gasteiger charge is 2.33. The van der Waals surface area contributed by atoms with Gasteiger partial charge in [0.15, 0.2) is 17.5 Å². The molecule has 0 bridgehead atoms. The summed E-state index contributed by atoms with van der Waals surface area (Å²) in [4.78, 5) is 15.6. The average Bonchev–Trinajstić information content (AvgIpc) is 3.72. The maximum Gasteiger partial charge on any atom is 0.164 e. The van der Waals surface area contributed by atoms with Crippen LogP contribution in [0.25, 0.3) is 78.7 Å². The van der Waals surface area contributed by atoms with Crippen molar-refractivity contribution in [3.05, 3.63) is 96.1 Å². The molecule has 8 aromatic rings. The summed E-state index contributed by atoms with van der Waals surface area (Å²) in [7, 11) is 34.9. The van der Waals surface area contributed by atoms with Crippen molar-refractivity contribution in [2.75, 3.05) is 0 Å². The third kappa shape index (κ3) is 6.76. The third-order valence-electron chi connectivity index (χ3n) is 15.8. The van der Waals surface area contributed by atoms with Crippen molar-refractivity contribution in [1.29, 1.82) is 0 Å². The van der Waals surface area contributed by atoms with Crippen LogP contribution in [0.5, 0.6) is 0 Å². The third-order valence-corrected chi connectivity index (χ3v) is 15.8. The van der Waals surface area contributed by atoms with Crippen molar-refractivity contribution in [2.45, 2.75) is 6.42 Å². The molecule has 0 spiro atoms. The number of aromatic nitrogens is 3. The van der Waals surface area contributed by atoms with Gasteiger partial charge in [0.1, 0.15) is 118 Å². The number of rotatable bonds is 6. The predicted molar refractivity (Wildman–Crippen MR) is 323 cm³/mol. The van der Waals surface area contributed by atoms with Gasteiger partial charge >= 0.3 is 0 Å². The molecule has 0 aliphatic heterocycles. The van der Waals surface area contributed by atoms with E-state index < -0.39 is 0 Å². The first-order valence-corrected chi connectivity index (χ1v) is 22.9. The SMILES string of the molecule is Bc1c(B)c(B)c(-c2c(B)c(B)c(B)c3c2-c2c(B)c(B)c(-c4c(B)c(B)c(-c5nc(-c6ccccc6)nc(-c6ccc(-c7ccccc7)cc6)n5)c(B)c4B)c(B)c2C3)c(B)c1B. The van der Waals surface area contributed by atoms with Crippen LogP contribution in [0.3, 0.4) is 0 Å². The zero-order valence-corrected chi connectivity index (χ0v) is 40.6. The second-order valence-electron chi connectivity index (χ2n) is 18.7. The van der Waals surface area contributed by atoms with E-state index in [1.54, 1.807) is 0 Å². The lowest BCUT2D eigenvalue weighted by Crippen LogP contribution is -2.56. The Labute approximate surface area is 393 Å². The Morgan fingerprint density at radius 3 is 1.08 bits per heavy atom. The minimum Gasteiger partial charge on any atom is -0.208 e. The highest BCUT2D eigenvalue weighted by Crippen LogP contribution is 2.39. The van der Waals surface area contributed by atoms with E-state index in [0.29, 0.717) is 17.5 Å². The first-order valence-electron chi connectivity index (χ1n) is 22.9. The molecule has 1 aliphatic carbocycles. The smallest absolute Gasteiger partial charge is 0.164 e. The fourth-order valence-corrected chi connectivity index (χ4v) is 11.0. The highest BCUT2D eigenvalue weighted by atomic mass is 15.0. The molecule has 0 unspecified atom stereocenters. The summed E-state index contributed by atoms with van der Waals surface area (Å²) < 4.78 is 0. The highest BCUT2D eigenvalue weighted by molar-refractivity contribution is 6.70. The van der Waals surface area contributed by atoms with Crippen LogP contribution in [0.1, 0.15) is 11.1 Å². The topological polar surface area (TPSA) is 38.7 Å². The van der Waals surface area contributed by atoms with Crippen LogP contribution in [0.4, 0.5) is 0 Å². The summed E-state index contributed by atoms with van der Waals surface area (Å²) in [6.07, 6.45) is 0.947. The normalized spacial score (nSPS) is 11.7. The molecule has 0 saturated heterocycles. The van der Waals surface area contributed by atoms with Crippen LogP contribution in [0.2, 0.25) is 0 Å². The van der Waals surface area contributed by atoms with Gasteiger partial charge in [-0.15, -0.1) is 21.9 Å². The van der Waals surface area contributed by atoms with Crippen molar-refractivity contribution in [2.24, 2.45) is 0 Å². The number of nitrogens with zero attached hydrogens (tertiary/aromatic N) is 3. The van der Waals surface area contributed by atoms with E-state index in [1.165, 1.54) is 132 Å². The fourth-order valence-electron chi connectivity index (χ4n) is 11.0. The van der Waals surface area contributed by atoms with Gasteiger partial charge < -0.3 is 0 Å². The van der Waals surface area contributed by atoms with Gasteiger partial charge in [-0.05, 0) is 62.1 Å². The minimum atomic E-state index is 0.670. The number of benzene rings is 7. The van der Waals surface area contributed by atoms with Gasteiger partial charge in [0.2, 0.25) is 0 Å². The fraction of sp³-hybridized carbons (Fsp3) is 0.0217. The summed E-state index contributed by atoms with van der Waals surface area (Å²) in [5.74, 6) is 2.05. The largest absolute Gasteiger partial charge is 0.208 e.